The normalized spacial score (nSPS) is 19.2. The van der Waals surface area contributed by atoms with Crippen molar-refractivity contribution in [1.82, 2.24) is 4.90 Å². The van der Waals surface area contributed by atoms with Gasteiger partial charge in [0, 0.05) is 24.2 Å². The van der Waals surface area contributed by atoms with E-state index in [9.17, 15) is 24.8 Å². The standard InChI is InChI=1S/C17H20N2O5/c20-16-14-7-6-13(19(23)24)9-12(14)10-18(16)15(17(21)22)8-11-4-2-1-3-5-11/h6-7,9,11,15H,1-5,8,10H2,(H,21,22)/t15-/m0/s1. The first-order valence-corrected chi connectivity index (χ1v) is 8.28. The van der Waals surface area contributed by atoms with Crippen molar-refractivity contribution in [2.45, 2.75) is 51.1 Å². The molecule has 1 saturated carbocycles. The second kappa shape index (κ2) is 6.59. The van der Waals surface area contributed by atoms with Gasteiger partial charge in [0.2, 0.25) is 0 Å². The fraction of sp³-hybridized carbons (Fsp3) is 0.529. The van der Waals surface area contributed by atoms with Gasteiger partial charge >= 0.3 is 5.97 Å². The maximum atomic E-state index is 12.6. The molecule has 1 aromatic carbocycles. The van der Waals surface area contributed by atoms with Crippen molar-refractivity contribution in [2.75, 3.05) is 0 Å². The quantitative estimate of drug-likeness (QED) is 0.660. The van der Waals surface area contributed by atoms with E-state index in [4.69, 9.17) is 0 Å². The number of hydrogen-bond donors (Lipinski definition) is 1. The monoisotopic (exact) mass is 332 g/mol. The number of fused-ring (bicyclic) bond motifs is 1. The number of carboxylic acid groups (broad SMARTS) is 1. The van der Waals surface area contributed by atoms with Gasteiger partial charge in [0.1, 0.15) is 6.04 Å². The molecule has 24 heavy (non-hydrogen) atoms. The highest BCUT2D eigenvalue weighted by Gasteiger charge is 2.38. The molecule has 1 aromatic rings. The lowest BCUT2D eigenvalue weighted by Crippen LogP contribution is -2.42. The molecule has 7 nitrogen and oxygen atoms in total. The number of benzene rings is 1. The third kappa shape index (κ3) is 3.11. The van der Waals surface area contributed by atoms with Crippen LogP contribution in [-0.2, 0) is 11.3 Å². The van der Waals surface area contributed by atoms with Crippen molar-refractivity contribution in [3.05, 3.63) is 39.4 Å². The summed E-state index contributed by atoms with van der Waals surface area (Å²) in [6, 6.07) is 3.21. The van der Waals surface area contributed by atoms with Gasteiger partial charge in [0.25, 0.3) is 11.6 Å². The number of non-ortho nitro benzene ring substituents is 1. The van der Waals surface area contributed by atoms with Crippen LogP contribution in [0.2, 0.25) is 0 Å². The molecule has 0 spiro atoms. The Kier molecular flexibility index (Phi) is 4.51. The smallest absolute Gasteiger partial charge is 0.326 e. The van der Waals surface area contributed by atoms with Crippen LogP contribution in [0, 0.1) is 16.0 Å². The Hall–Kier alpha value is -2.44. The van der Waals surface area contributed by atoms with E-state index in [2.05, 4.69) is 0 Å². The number of nitro benzene ring substituents is 1. The lowest BCUT2D eigenvalue weighted by atomic mass is 9.84. The number of carbonyl (C=O) groups excluding carboxylic acids is 1. The van der Waals surface area contributed by atoms with Crippen LogP contribution in [0.25, 0.3) is 0 Å². The third-order valence-corrected chi connectivity index (χ3v) is 5.07. The van der Waals surface area contributed by atoms with E-state index in [-0.39, 0.29) is 18.1 Å². The molecular weight excluding hydrogens is 312 g/mol. The van der Waals surface area contributed by atoms with Crippen LogP contribution < -0.4 is 0 Å². The number of nitro groups is 1. The second-order valence-electron chi connectivity index (χ2n) is 6.63. The summed E-state index contributed by atoms with van der Waals surface area (Å²) >= 11 is 0. The van der Waals surface area contributed by atoms with Gasteiger partial charge in [-0.05, 0) is 24.0 Å². The Bertz CT molecular complexity index is 682. The van der Waals surface area contributed by atoms with E-state index in [1.54, 1.807) is 0 Å². The zero-order chi connectivity index (χ0) is 17.3. The average molecular weight is 332 g/mol. The SMILES string of the molecule is O=C(O)[C@H](CC1CCCCC1)N1Cc2cc([N+](=O)[O-])ccc2C1=O. The second-order valence-corrected chi connectivity index (χ2v) is 6.63. The maximum absolute atomic E-state index is 12.6. The first-order valence-electron chi connectivity index (χ1n) is 8.28. The number of hydrogen-bond acceptors (Lipinski definition) is 4. The number of amides is 1. The van der Waals surface area contributed by atoms with Crippen molar-refractivity contribution in [3.8, 4) is 0 Å². The first-order chi connectivity index (χ1) is 11.5. The zero-order valence-electron chi connectivity index (χ0n) is 13.3. The number of carboxylic acids is 1. The summed E-state index contributed by atoms with van der Waals surface area (Å²) in [5, 5.41) is 20.5. The maximum Gasteiger partial charge on any atom is 0.326 e. The molecule has 1 aliphatic carbocycles. The van der Waals surface area contributed by atoms with Crippen LogP contribution in [0.3, 0.4) is 0 Å². The third-order valence-electron chi connectivity index (χ3n) is 5.07. The Morgan fingerprint density at radius 2 is 2.04 bits per heavy atom. The summed E-state index contributed by atoms with van der Waals surface area (Å²) in [6.07, 6.45) is 5.87. The molecule has 7 heteroatoms. The molecule has 1 atom stereocenters. The van der Waals surface area contributed by atoms with Gasteiger partial charge in [-0.25, -0.2) is 4.79 Å². The summed E-state index contributed by atoms with van der Waals surface area (Å²) in [5.41, 5.74) is 0.821. The molecular formula is C17H20N2O5. The molecule has 0 aromatic heterocycles. The van der Waals surface area contributed by atoms with Gasteiger partial charge in [-0.2, -0.15) is 0 Å². The van der Waals surface area contributed by atoms with Crippen molar-refractivity contribution in [1.29, 1.82) is 0 Å². The van der Waals surface area contributed by atoms with Gasteiger partial charge in [-0.15, -0.1) is 0 Å². The number of nitrogens with zero attached hydrogens (tertiary/aromatic N) is 2. The lowest BCUT2D eigenvalue weighted by Gasteiger charge is -2.29. The molecule has 1 aliphatic heterocycles. The van der Waals surface area contributed by atoms with Gasteiger partial charge in [-0.3, -0.25) is 14.9 Å². The fourth-order valence-corrected chi connectivity index (χ4v) is 3.79. The molecule has 128 valence electrons. The Morgan fingerprint density at radius 1 is 1.33 bits per heavy atom. The molecule has 0 unspecified atom stereocenters. The van der Waals surface area contributed by atoms with Gasteiger partial charge in [0.05, 0.1) is 4.92 Å². The van der Waals surface area contributed by atoms with Crippen LogP contribution in [0.15, 0.2) is 18.2 Å². The van der Waals surface area contributed by atoms with Crippen molar-refractivity contribution in [3.63, 3.8) is 0 Å². The first kappa shape index (κ1) is 16.4. The van der Waals surface area contributed by atoms with E-state index >= 15 is 0 Å². The Labute approximate surface area is 139 Å². The highest BCUT2D eigenvalue weighted by molar-refractivity contribution is 6.00. The van der Waals surface area contributed by atoms with Crippen LogP contribution in [0.1, 0.15) is 54.4 Å². The summed E-state index contributed by atoms with van der Waals surface area (Å²) in [4.78, 5) is 36.0. The van der Waals surface area contributed by atoms with Crippen LogP contribution >= 0.6 is 0 Å². The highest BCUT2D eigenvalue weighted by atomic mass is 16.6. The average Bonchev–Trinajstić information content (AvgIpc) is 2.89. The van der Waals surface area contributed by atoms with Crippen molar-refractivity contribution in [2.24, 2.45) is 5.92 Å². The Balaban J connectivity index is 1.80. The summed E-state index contributed by atoms with van der Waals surface area (Å²) in [6.45, 7) is 0.125. The number of rotatable bonds is 5. The number of aliphatic carboxylic acids is 1. The molecule has 2 aliphatic rings. The zero-order valence-corrected chi connectivity index (χ0v) is 13.3. The lowest BCUT2D eigenvalue weighted by molar-refractivity contribution is -0.384. The molecule has 1 amide bonds. The largest absolute Gasteiger partial charge is 0.480 e. The minimum Gasteiger partial charge on any atom is -0.480 e. The van der Waals surface area contributed by atoms with Crippen LogP contribution in [-0.4, -0.2) is 32.8 Å². The predicted octanol–water partition coefficient (Wildman–Crippen LogP) is 2.97. The minimum atomic E-state index is -1.00. The summed E-state index contributed by atoms with van der Waals surface area (Å²) in [5.74, 6) is -1.02. The van der Waals surface area contributed by atoms with Crippen molar-refractivity contribution >= 4 is 17.6 Å². The van der Waals surface area contributed by atoms with Crippen LogP contribution in [0.4, 0.5) is 5.69 Å². The molecule has 1 N–H and O–H groups in total. The van der Waals surface area contributed by atoms with Gasteiger partial charge in [-0.1, -0.05) is 32.1 Å². The van der Waals surface area contributed by atoms with E-state index < -0.39 is 16.9 Å². The fourth-order valence-electron chi connectivity index (χ4n) is 3.79. The predicted molar refractivity (Wildman–Crippen MR) is 85.6 cm³/mol. The molecule has 0 saturated heterocycles. The van der Waals surface area contributed by atoms with Gasteiger partial charge in [0.15, 0.2) is 0 Å². The summed E-state index contributed by atoms with van der Waals surface area (Å²) in [7, 11) is 0. The van der Waals surface area contributed by atoms with E-state index in [1.807, 2.05) is 0 Å². The molecule has 3 rings (SSSR count). The highest BCUT2D eigenvalue weighted by Crippen LogP contribution is 2.33. The topological polar surface area (TPSA) is 101 Å². The Morgan fingerprint density at radius 3 is 2.67 bits per heavy atom. The molecule has 0 bridgehead atoms. The molecule has 1 fully saturated rings. The minimum absolute atomic E-state index is 0.0810. The van der Waals surface area contributed by atoms with Gasteiger partial charge < -0.3 is 10.0 Å². The van der Waals surface area contributed by atoms with Crippen molar-refractivity contribution < 1.29 is 19.6 Å². The molecule has 0 radical (unpaired) electrons. The number of carbonyl (C=O) groups is 2. The molecule has 1 heterocycles. The van der Waals surface area contributed by atoms with E-state index in [0.29, 0.717) is 23.5 Å². The van der Waals surface area contributed by atoms with Crippen LogP contribution in [0.5, 0.6) is 0 Å². The van der Waals surface area contributed by atoms with E-state index in [1.165, 1.54) is 29.5 Å². The summed E-state index contributed by atoms with van der Waals surface area (Å²) < 4.78 is 0. The van der Waals surface area contributed by atoms with E-state index in [0.717, 1.165) is 25.7 Å².